The van der Waals surface area contributed by atoms with Crippen molar-refractivity contribution in [1.82, 2.24) is 0 Å². The number of fused-ring (bicyclic) bond motifs is 10. The van der Waals surface area contributed by atoms with Gasteiger partial charge in [0, 0.05) is 27.7 Å². The molecule has 1 heteroatoms. The Bertz CT molecular complexity index is 3970. The molecule has 11 aromatic carbocycles. The monoisotopic (exact) mass is 892 g/mol. The Kier molecular flexibility index (Phi) is 8.98. The van der Waals surface area contributed by atoms with Gasteiger partial charge in [0.2, 0.25) is 0 Å². The van der Waals surface area contributed by atoms with Crippen LogP contribution in [0.2, 0.25) is 0 Å². The Morgan fingerprint density at radius 1 is 0.371 bits per heavy atom. The van der Waals surface area contributed by atoms with E-state index >= 15 is 0 Å². The molecule has 0 spiro atoms. The standard InChI is InChI=1S/C69H48O/c1-68(2)59-30-16-14-27-53(59)55-39-38-49(42-61(55)68)65-52-26-13-12-21-47(52)41-58-66-57(29-18-32-63(66)70-67(58)65)64(46-35-33-45(34-36-46)44-19-6-3-7-20-44)48-37-40-56-54-28-15-17-31-60(54)69(62(56)43-48,50-22-8-4-9-23-50)51-24-10-5-11-25-51/h3-43,64H,1-2H3. The van der Waals surface area contributed by atoms with Crippen LogP contribution in [0.1, 0.15) is 69.8 Å². The van der Waals surface area contributed by atoms with Crippen molar-refractivity contribution >= 4 is 32.7 Å². The highest BCUT2D eigenvalue weighted by atomic mass is 16.3. The molecule has 0 fully saturated rings. The molecule has 1 atom stereocenters. The average molecular weight is 893 g/mol. The van der Waals surface area contributed by atoms with Crippen LogP contribution in [0.25, 0.3) is 77.2 Å². The smallest absolute Gasteiger partial charge is 0.143 e. The van der Waals surface area contributed by atoms with E-state index in [-0.39, 0.29) is 11.3 Å². The molecule has 0 aliphatic heterocycles. The van der Waals surface area contributed by atoms with Gasteiger partial charge in [-0.2, -0.15) is 0 Å². The first-order chi connectivity index (χ1) is 34.5. The maximum atomic E-state index is 7.28. The highest BCUT2D eigenvalue weighted by Crippen LogP contribution is 2.58. The molecule has 2 aliphatic rings. The summed E-state index contributed by atoms with van der Waals surface area (Å²) in [5.41, 5.74) is 22.6. The lowest BCUT2D eigenvalue weighted by molar-refractivity contribution is 0.660. The Labute approximate surface area is 409 Å². The molecule has 0 saturated heterocycles. The van der Waals surface area contributed by atoms with Gasteiger partial charge < -0.3 is 4.42 Å². The first kappa shape index (κ1) is 40.5. The second-order valence-corrected chi connectivity index (χ2v) is 19.9. The number of furan rings is 1. The summed E-state index contributed by atoms with van der Waals surface area (Å²) in [4.78, 5) is 0. The fourth-order valence-corrected chi connectivity index (χ4v) is 12.7. The van der Waals surface area contributed by atoms with Crippen molar-refractivity contribution in [1.29, 1.82) is 0 Å². The maximum Gasteiger partial charge on any atom is 0.143 e. The highest BCUT2D eigenvalue weighted by molar-refractivity contribution is 6.19. The lowest BCUT2D eigenvalue weighted by atomic mass is 9.67. The highest BCUT2D eigenvalue weighted by Gasteiger charge is 2.46. The minimum absolute atomic E-state index is 0.133. The molecule has 0 radical (unpaired) electrons. The zero-order valence-electron chi connectivity index (χ0n) is 39.2. The van der Waals surface area contributed by atoms with Crippen molar-refractivity contribution in [2.75, 3.05) is 0 Å². The van der Waals surface area contributed by atoms with Crippen LogP contribution in [0.4, 0.5) is 0 Å². The normalized spacial score (nSPS) is 14.3. The summed E-state index contributed by atoms with van der Waals surface area (Å²) < 4.78 is 7.28. The van der Waals surface area contributed by atoms with E-state index in [9.17, 15) is 0 Å². The zero-order chi connectivity index (χ0) is 46.6. The minimum atomic E-state index is -0.528. The Morgan fingerprint density at radius 2 is 0.929 bits per heavy atom. The lowest BCUT2D eigenvalue weighted by Crippen LogP contribution is -2.28. The molecule has 0 N–H and O–H groups in total. The van der Waals surface area contributed by atoms with E-state index in [0.717, 1.165) is 27.5 Å². The minimum Gasteiger partial charge on any atom is -0.455 e. The molecular formula is C69H48O. The van der Waals surface area contributed by atoms with E-state index in [4.69, 9.17) is 4.42 Å². The molecule has 14 rings (SSSR count). The molecule has 70 heavy (non-hydrogen) atoms. The summed E-state index contributed by atoms with van der Waals surface area (Å²) in [5.74, 6) is -0.137. The largest absolute Gasteiger partial charge is 0.455 e. The first-order valence-corrected chi connectivity index (χ1v) is 24.6. The predicted octanol–water partition coefficient (Wildman–Crippen LogP) is 17.9. The van der Waals surface area contributed by atoms with Gasteiger partial charge in [-0.25, -0.2) is 0 Å². The molecule has 0 amide bonds. The summed E-state index contributed by atoms with van der Waals surface area (Å²) in [5, 5.41) is 4.66. The van der Waals surface area contributed by atoms with Gasteiger partial charge in [0.1, 0.15) is 11.2 Å². The van der Waals surface area contributed by atoms with Gasteiger partial charge in [-0.15, -0.1) is 0 Å². The van der Waals surface area contributed by atoms with Crippen molar-refractivity contribution < 1.29 is 4.42 Å². The second-order valence-electron chi connectivity index (χ2n) is 19.9. The van der Waals surface area contributed by atoms with Gasteiger partial charge in [0.15, 0.2) is 0 Å². The first-order valence-electron chi connectivity index (χ1n) is 24.6. The van der Waals surface area contributed by atoms with Gasteiger partial charge in [-0.1, -0.05) is 244 Å². The molecule has 0 saturated carbocycles. The SMILES string of the molecule is CC1(C)c2ccccc2-c2ccc(-c3c4ccccc4cc4c3oc3cccc(C(c5ccc(-c6ccccc6)cc5)c5ccc6c(c5)C(c5ccccc5)(c5ccccc5)c5ccccc5-6)c34)cc21. The quantitative estimate of drug-likeness (QED) is 0.145. The van der Waals surface area contributed by atoms with Crippen molar-refractivity contribution in [2.24, 2.45) is 0 Å². The molecule has 1 heterocycles. The Balaban J connectivity index is 1.03. The second kappa shape index (κ2) is 15.5. The molecular weight excluding hydrogens is 845 g/mol. The van der Waals surface area contributed by atoms with E-state index in [1.54, 1.807) is 0 Å². The fourth-order valence-electron chi connectivity index (χ4n) is 12.7. The van der Waals surface area contributed by atoms with Crippen LogP contribution in [0, 0.1) is 0 Å². The van der Waals surface area contributed by atoms with E-state index in [1.807, 2.05) is 0 Å². The van der Waals surface area contributed by atoms with Crippen molar-refractivity contribution in [3.05, 3.63) is 299 Å². The fraction of sp³-hybridized carbons (Fsp3) is 0.0725. The summed E-state index contributed by atoms with van der Waals surface area (Å²) >= 11 is 0. The van der Waals surface area contributed by atoms with Gasteiger partial charge in [0.05, 0.1) is 5.41 Å². The zero-order valence-corrected chi connectivity index (χ0v) is 39.2. The molecule has 330 valence electrons. The average Bonchev–Trinajstić information content (AvgIpc) is 4.02. The Morgan fingerprint density at radius 3 is 1.67 bits per heavy atom. The third-order valence-electron chi connectivity index (χ3n) is 15.9. The Hall–Kier alpha value is -8.52. The van der Waals surface area contributed by atoms with Crippen LogP contribution in [0.3, 0.4) is 0 Å². The number of rotatable bonds is 7. The van der Waals surface area contributed by atoms with Gasteiger partial charge in [-0.05, 0) is 118 Å². The van der Waals surface area contributed by atoms with Gasteiger partial charge in [0.25, 0.3) is 0 Å². The summed E-state index contributed by atoms with van der Waals surface area (Å²) in [6, 6.07) is 92.5. The molecule has 1 unspecified atom stereocenters. The van der Waals surface area contributed by atoms with Crippen LogP contribution < -0.4 is 0 Å². The molecule has 2 aliphatic carbocycles. The van der Waals surface area contributed by atoms with Crippen LogP contribution in [0.15, 0.2) is 253 Å². The summed E-state index contributed by atoms with van der Waals surface area (Å²) in [6.07, 6.45) is 0. The van der Waals surface area contributed by atoms with Crippen LogP contribution in [-0.2, 0) is 10.8 Å². The van der Waals surface area contributed by atoms with Crippen molar-refractivity contribution in [2.45, 2.75) is 30.6 Å². The topological polar surface area (TPSA) is 13.1 Å². The molecule has 1 aromatic heterocycles. The molecule has 12 aromatic rings. The van der Waals surface area contributed by atoms with Crippen molar-refractivity contribution in [3.8, 4) is 44.5 Å². The maximum absolute atomic E-state index is 7.28. The van der Waals surface area contributed by atoms with E-state index in [0.29, 0.717) is 0 Å². The van der Waals surface area contributed by atoms with Gasteiger partial charge >= 0.3 is 0 Å². The van der Waals surface area contributed by atoms with E-state index < -0.39 is 5.41 Å². The van der Waals surface area contributed by atoms with E-state index in [1.165, 1.54) is 99.8 Å². The van der Waals surface area contributed by atoms with Crippen molar-refractivity contribution in [3.63, 3.8) is 0 Å². The predicted molar refractivity (Wildman–Crippen MR) is 291 cm³/mol. The van der Waals surface area contributed by atoms with Crippen LogP contribution >= 0.6 is 0 Å². The van der Waals surface area contributed by atoms with E-state index in [2.05, 4.69) is 263 Å². The number of hydrogen-bond acceptors (Lipinski definition) is 1. The number of benzene rings is 11. The summed E-state index contributed by atoms with van der Waals surface area (Å²) in [7, 11) is 0. The third-order valence-corrected chi connectivity index (χ3v) is 15.9. The lowest BCUT2D eigenvalue weighted by Gasteiger charge is -2.34. The molecule has 0 bridgehead atoms. The summed E-state index contributed by atoms with van der Waals surface area (Å²) in [6.45, 7) is 4.73. The number of hydrogen-bond donors (Lipinski definition) is 0. The van der Waals surface area contributed by atoms with Gasteiger partial charge in [-0.3, -0.25) is 0 Å². The third kappa shape index (κ3) is 5.85. The van der Waals surface area contributed by atoms with Crippen LogP contribution in [-0.4, -0.2) is 0 Å². The van der Waals surface area contributed by atoms with Crippen LogP contribution in [0.5, 0.6) is 0 Å². The molecule has 1 nitrogen and oxygen atoms in total.